The zero-order chi connectivity index (χ0) is 15.1. The van der Waals surface area contributed by atoms with Crippen molar-refractivity contribution in [3.05, 3.63) is 17.0 Å². The lowest BCUT2D eigenvalue weighted by atomic mass is 10.2. The number of rotatable bonds is 3. The minimum atomic E-state index is -0.895. The highest BCUT2D eigenvalue weighted by molar-refractivity contribution is 14.2. The fraction of sp³-hybridized carbons (Fsp3) is 0.364. The topological polar surface area (TPSA) is 98.6 Å². The summed E-state index contributed by atoms with van der Waals surface area (Å²) in [5.74, 6) is -2.01. The molecule has 0 bridgehead atoms. The molecule has 1 aromatic rings. The molecule has 1 aromatic heterocycles. The molecule has 0 aromatic carbocycles. The van der Waals surface area contributed by atoms with Gasteiger partial charge < -0.3 is 4.84 Å². The number of nitrogens with zero attached hydrogens (tertiary/aromatic N) is 3. The van der Waals surface area contributed by atoms with Crippen LogP contribution >= 0.6 is 30.3 Å². The standard InChI is InChI=1S/C11H8IN3O5S/c12-21-15-7-4-5(16)3-6(7)10(13-15)11(19)20-14-8(17)1-2-9(14)18/h1-4H2. The minimum absolute atomic E-state index is 0.0102. The molecule has 2 heterocycles. The van der Waals surface area contributed by atoms with Crippen LogP contribution in [-0.2, 0) is 32.1 Å². The SMILES string of the molecule is O=C1Cc2c(C(=O)ON3C(=O)CCC3=O)nn(SI)c2C1. The van der Waals surface area contributed by atoms with Crippen LogP contribution in [0.2, 0.25) is 0 Å². The van der Waals surface area contributed by atoms with E-state index in [9.17, 15) is 19.2 Å². The maximum atomic E-state index is 12.1. The van der Waals surface area contributed by atoms with Crippen LogP contribution in [0, 0.1) is 0 Å². The number of ketones is 1. The summed E-state index contributed by atoms with van der Waals surface area (Å²) >= 11 is 1.98. The van der Waals surface area contributed by atoms with E-state index in [-0.39, 0.29) is 37.2 Å². The number of fused-ring (bicyclic) bond motifs is 1. The van der Waals surface area contributed by atoms with Gasteiger partial charge in [-0.3, -0.25) is 14.4 Å². The van der Waals surface area contributed by atoms with Gasteiger partial charge in [-0.1, -0.05) is 0 Å². The maximum Gasteiger partial charge on any atom is 0.384 e. The van der Waals surface area contributed by atoms with Crippen LogP contribution in [0.5, 0.6) is 0 Å². The minimum Gasteiger partial charge on any atom is -0.323 e. The summed E-state index contributed by atoms with van der Waals surface area (Å²) < 4.78 is 1.48. The number of carbonyl (C=O) groups excluding carboxylic acids is 4. The molecule has 0 radical (unpaired) electrons. The zero-order valence-electron chi connectivity index (χ0n) is 10.5. The quantitative estimate of drug-likeness (QED) is 0.521. The summed E-state index contributed by atoms with van der Waals surface area (Å²) in [5.41, 5.74) is 1.14. The largest absolute Gasteiger partial charge is 0.384 e. The number of hydrogen-bond donors (Lipinski definition) is 0. The fourth-order valence-corrected chi connectivity index (χ4v) is 3.62. The normalized spacial score (nSPS) is 17.6. The Labute approximate surface area is 134 Å². The Morgan fingerprint density at radius 3 is 2.48 bits per heavy atom. The Bertz CT molecular complexity index is 670. The second kappa shape index (κ2) is 5.40. The molecular weight excluding hydrogens is 413 g/mol. The molecule has 8 nitrogen and oxygen atoms in total. The van der Waals surface area contributed by atoms with E-state index >= 15 is 0 Å². The third-order valence-electron chi connectivity index (χ3n) is 3.23. The molecule has 10 heteroatoms. The van der Waals surface area contributed by atoms with Crippen LogP contribution in [0.15, 0.2) is 0 Å². The van der Waals surface area contributed by atoms with Gasteiger partial charge in [0.25, 0.3) is 11.8 Å². The van der Waals surface area contributed by atoms with Gasteiger partial charge in [0.05, 0.1) is 12.1 Å². The lowest BCUT2D eigenvalue weighted by Crippen LogP contribution is -2.32. The van der Waals surface area contributed by atoms with Crippen LogP contribution < -0.4 is 0 Å². The number of hydroxylamine groups is 2. The van der Waals surface area contributed by atoms with Gasteiger partial charge >= 0.3 is 5.97 Å². The molecule has 2 amide bonds. The third kappa shape index (κ3) is 2.46. The number of aromatic nitrogens is 2. The molecule has 0 atom stereocenters. The molecule has 0 spiro atoms. The van der Waals surface area contributed by atoms with Gasteiger partial charge in [0.1, 0.15) is 5.78 Å². The molecule has 1 fully saturated rings. The smallest absolute Gasteiger partial charge is 0.323 e. The van der Waals surface area contributed by atoms with Crippen molar-refractivity contribution in [3.63, 3.8) is 0 Å². The molecule has 1 aliphatic carbocycles. The lowest BCUT2D eigenvalue weighted by Gasteiger charge is -2.11. The van der Waals surface area contributed by atoms with Crippen molar-refractivity contribution >= 4 is 53.9 Å². The summed E-state index contributed by atoms with van der Waals surface area (Å²) in [7, 11) is 1.23. The van der Waals surface area contributed by atoms with Gasteiger partial charge in [0.15, 0.2) is 5.69 Å². The molecule has 21 heavy (non-hydrogen) atoms. The van der Waals surface area contributed by atoms with Crippen molar-refractivity contribution in [2.24, 2.45) is 0 Å². The summed E-state index contributed by atoms with van der Waals surface area (Å²) in [5, 5.41) is 4.55. The summed E-state index contributed by atoms with van der Waals surface area (Å²) in [6, 6.07) is 0. The molecule has 0 saturated carbocycles. The Morgan fingerprint density at radius 2 is 1.86 bits per heavy atom. The van der Waals surface area contributed by atoms with Crippen molar-refractivity contribution in [1.29, 1.82) is 0 Å². The second-order valence-electron chi connectivity index (χ2n) is 4.57. The highest BCUT2D eigenvalue weighted by Crippen LogP contribution is 2.29. The first-order valence-corrected chi connectivity index (χ1v) is 9.32. The number of carbonyl (C=O) groups is 4. The molecule has 1 aliphatic heterocycles. The van der Waals surface area contributed by atoms with Crippen LogP contribution in [0.3, 0.4) is 0 Å². The Hall–Kier alpha value is -1.43. The summed E-state index contributed by atoms with van der Waals surface area (Å²) in [4.78, 5) is 51.4. The van der Waals surface area contributed by atoms with E-state index in [2.05, 4.69) is 5.10 Å². The monoisotopic (exact) mass is 421 g/mol. The van der Waals surface area contributed by atoms with E-state index in [1.807, 2.05) is 21.2 Å². The van der Waals surface area contributed by atoms with Gasteiger partial charge in [-0.2, -0.15) is 9.19 Å². The molecule has 3 rings (SSSR count). The van der Waals surface area contributed by atoms with Crippen molar-refractivity contribution in [1.82, 2.24) is 14.2 Å². The molecule has 2 aliphatic rings. The first kappa shape index (κ1) is 14.5. The molecule has 0 N–H and O–H groups in total. The number of halogens is 1. The summed E-state index contributed by atoms with van der Waals surface area (Å²) in [6.07, 6.45) is 0.382. The van der Waals surface area contributed by atoms with Crippen LogP contribution in [-0.4, -0.2) is 37.8 Å². The number of Topliss-reactive ketones (excluding diaryl/α,β-unsaturated/α-hetero) is 1. The first-order valence-electron chi connectivity index (χ1n) is 6.01. The molecule has 0 unspecified atom stereocenters. The molecule has 110 valence electrons. The Kier molecular flexibility index (Phi) is 3.73. The Morgan fingerprint density at radius 1 is 1.19 bits per heavy atom. The average Bonchev–Trinajstić information content (AvgIpc) is 3.06. The van der Waals surface area contributed by atoms with Gasteiger partial charge in [0, 0.05) is 55.2 Å². The van der Waals surface area contributed by atoms with Gasteiger partial charge in [-0.05, 0) is 0 Å². The summed E-state index contributed by atoms with van der Waals surface area (Å²) in [6.45, 7) is 0. The fourth-order valence-electron chi connectivity index (χ4n) is 2.28. The van der Waals surface area contributed by atoms with E-state index in [4.69, 9.17) is 4.84 Å². The molecule has 1 saturated heterocycles. The zero-order valence-corrected chi connectivity index (χ0v) is 13.5. The van der Waals surface area contributed by atoms with Gasteiger partial charge in [-0.25, -0.2) is 4.79 Å². The second-order valence-corrected chi connectivity index (χ2v) is 6.23. The van der Waals surface area contributed by atoms with E-state index in [0.29, 0.717) is 16.3 Å². The highest BCUT2D eigenvalue weighted by Gasteiger charge is 2.37. The lowest BCUT2D eigenvalue weighted by molar-refractivity contribution is -0.172. The van der Waals surface area contributed by atoms with E-state index in [1.54, 1.807) is 0 Å². The number of hydrogen-bond acceptors (Lipinski definition) is 7. The predicted molar refractivity (Wildman–Crippen MR) is 78.2 cm³/mol. The van der Waals surface area contributed by atoms with Crippen molar-refractivity contribution < 1.29 is 24.0 Å². The van der Waals surface area contributed by atoms with Gasteiger partial charge in [-0.15, -0.1) is 5.06 Å². The van der Waals surface area contributed by atoms with E-state index in [0.717, 1.165) is 0 Å². The Balaban J connectivity index is 1.87. The van der Waals surface area contributed by atoms with E-state index < -0.39 is 17.8 Å². The molecular formula is C11H8IN3O5S. The first-order chi connectivity index (χ1) is 10.0. The highest BCUT2D eigenvalue weighted by atomic mass is 127. The van der Waals surface area contributed by atoms with Gasteiger partial charge in [0.2, 0.25) is 0 Å². The number of imide groups is 1. The van der Waals surface area contributed by atoms with Crippen LogP contribution in [0.4, 0.5) is 0 Å². The third-order valence-corrected chi connectivity index (χ3v) is 4.79. The van der Waals surface area contributed by atoms with Crippen molar-refractivity contribution in [2.75, 3.05) is 0 Å². The maximum absolute atomic E-state index is 12.1. The van der Waals surface area contributed by atoms with Crippen LogP contribution in [0.25, 0.3) is 0 Å². The van der Waals surface area contributed by atoms with Crippen molar-refractivity contribution in [2.45, 2.75) is 25.7 Å². The van der Waals surface area contributed by atoms with Crippen molar-refractivity contribution in [3.8, 4) is 0 Å². The predicted octanol–water partition coefficient (Wildman–Crippen LogP) is 0.618. The van der Waals surface area contributed by atoms with Crippen LogP contribution in [0.1, 0.15) is 34.6 Å². The van der Waals surface area contributed by atoms with E-state index in [1.165, 1.54) is 13.2 Å². The average molecular weight is 421 g/mol. The number of amides is 2.